The Morgan fingerprint density at radius 3 is 2.00 bits per heavy atom. The number of amides is 2. The van der Waals surface area contributed by atoms with Crippen molar-refractivity contribution in [3.8, 4) is 0 Å². The summed E-state index contributed by atoms with van der Waals surface area (Å²) in [6, 6.07) is 14.2. The van der Waals surface area contributed by atoms with Gasteiger partial charge in [0.2, 0.25) is 5.91 Å². The van der Waals surface area contributed by atoms with Crippen LogP contribution in [0.1, 0.15) is 44.4 Å². The average molecular weight is 486 g/mol. The average Bonchev–Trinajstić information content (AvgIpc) is 2.77. The molecule has 0 aliphatic carbocycles. The highest BCUT2D eigenvalue weighted by Gasteiger charge is 2.34. The predicted octanol–water partition coefficient (Wildman–Crippen LogP) is 2.36. The van der Waals surface area contributed by atoms with E-state index in [1.165, 1.54) is 6.92 Å². The van der Waals surface area contributed by atoms with E-state index in [1.807, 2.05) is 54.6 Å². The molecule has 0 bridgehead atoms. The summed E-state index contributed by atoms with van der Waals surface area (Å²) in [5.74, 6) is -1.37. The predicted molar refractivity (Wildman–Crippen MR) is 132 cm³/mol. The van der Waals surface area contributed by atoms with Gasteiger partial charge in [0.25, 0.3) is 0 Å². The summed E-state index contributed by atoms with van der Waals surface area (Å²) in [6.07, 6.45) is -1.97. The van der Waals surface area contributed by atoms with Crippen molar-refractivity contribution < 1.29 is 29.3 Å². The Morgan fingerprint density at radius 1 is 0.914 bits per heavy atom. The minimum absolute atomic E-state index is 0.126. The van der Waals surface area contributed by atoms with Crippen molar-refractivity contribution in [3.05, 3.63) is 71.3 Å². The number of alkyl carbamates (subject to hydrolysis) is 1. The molecule has 2 amide bonds. The first-order chi connectivity index (χ1) is 16.4. The highest BCUT2D eigenvalue weighted by atomic mass is 16.6. The van der Waals surface area contributed by atoms with Crippen LogP contribution in [0.25, 0.3) is 0 Å². The van der Waals surface area contributed by atoms with Crippen molar-refractivity contribution in [3.63, 3.8) is 0 Å². The maximum Gasteiger partial charge on any atom is 0.407 e. The number of hydrogen-bond donors (Lipinski definition) is 5. The van der Waals surface area contributed by atoms with Crippen molar-refractivity contribution in [1.82, 2.24) is 16.0 Å². The summed E-state index contributed by atoms with van der Waals surface area (Å²) >= 11 is 0. The van der Waals surface area contributed by atoms with E-state index in [2.05, 4.69) is 16.0 Å². The maximum absolute atomic E-state index is 12.4. The number of carboxylic acid groups (broad SMARTS) is 1. The van der Waals surface area contributed by atoms with Gasteiger partial charge in [-0.3, -0.25) is 14.9 Å². The topological polar surface area (TPSA) is 137 Å². The van der Waals surface area contributed by atoms with Crippen LogP contribution >= 0.6 is 0 Å². The standard InChI is InChI=1S/C26H35N3O6/c1-17(30)27-15-19-10-12-20(13-11-19)16-28-22(24(32)33)23(31)21(14-18-8-6-5-7-9-18)29-25(34)35-26(2,3)4/h5-13,21-23,28,31H,14-16H2,1-4H3,(H,27,30)(H,29,34)(H,32,33)/t21-,22+,23+/m0/s1. The van der Waals surface area contributed by atoms with Crippen molar-refractivity contribution in [2.24, 2.45) is 0 Å². The van der Waals surface area contributed by atoms with Gasteiger partial charge in [-0.15, -0.1) is 0 Å². The number of carbonyl (C=O) groups is 3. The Morgan fingerprint density at radius 2 is 1.49 bits per heavy atom. The molecule has 9 nitrogen and oxygen atoms in total. The van der Waals surface area contributed by atoms with Gasteiger partial charge in [-0.1, -0.05) is 54.6 Å². The number of aliphatic carboxylic acids is 1. The molecule has 5 N–H and O–H groups in total. The first-order valence-electron chi connectivity index (χ1n) is 11.4. The van der Waals surface area contributed by atoms with Crippen LogP contribution in [0.5, 0.6) is 0 Å². The fourth-order valence-electron chi connectivity index (χ4n) is 3.40. The highest BCUT2D eigenvalue weighted by Crippen LogP contribution is 2.13. The molecule has 0 saturated heterocycles. The zero-order valence-electron chi connectivity index (χ0n) is 20.6. The SMILES string of the molecule is CC(=O)NCc1ccc(CN[C@@H](C(=O)O)[C@H](O)[C@H](Cc2ccccc2)NC(=O)OC(C)(C)C)cc1. The van der Waals surface area contributed by atoms with Gasteiger partial charge in [-0.25, -0.2) is 4.79 Å². The van der Waals surface area contributed by atoms with Crippen molar-refractivity contribution in [1.29, 1.82) is 0 Å². The summed E-state index contributed by atoms with van der Waals surface area (Å²) in [4.78, 5) is 35.5. The number of nitrogens with one attached hydrogen (secondary N) is 3. The molecule has 0 saturated carbocycles. The molecule has 0 spiro atoms. The lowest BCUT2D eigenvalue weighted by Gasteiger charge is -2.30. The van der Waals surface area contributed by atoms with Gasteiger partial charge in [0.15, 0.2) is 0 Å². The fourth-order valence-corrected chi connectivity index (χ4v) is 3.40. The Labute approximate surface area is 205 Å². The van der Waals surface area contributed by atoms with Crippen molar-refractivity contribution in [2.75, 3.05) is 0 Å². The zero-order chi connectivity index (χ0) is 26.0. The van der Waals surface area contributed by atoms with Gasteiger partial charge in [0.05, 0.1) is 6.04 Å². The van der Waals surface area contributed by atoms with E-state index in [0.717, 1.165) is 16.7 Å². The first kappa shape index (κ1) is 27.8. The second-order valence-corrected chi connectivity index (χ2v) is 9.36. The van der Waals surface area contributed by atoms with Gasteiger partial charge in [0, 0.05) is 20.0 Å². The molecule has 0 heterocycles. The number of rotatable bonds is 11. The maximum atomic E-state index is 12.4. The van der Waals surface area contributed by atoms with E-state index in [4.69, 9.17) is 4.74 Å². The summed E-state index contributed by atoms with van der Waals surface area (Å²) in [5, 5.41) is 29.1. The largest absolute Gasteiger partial charge is 0.480 e. The quantitative estimate of drug-likeness (QED) is 0.329. The Kier molecular flexibility index (Phi) is 10.2. The number of ether oxygens (including phenoxy) is 1. The van der Waals surface area contributed by atoms with E-state index in [9.17, 15) is 24.6 Å². The molecule has 2 rings (SSSR count). The molecule has 2 aromatic carbocycles. The molecule has 9 heteroatoms. The number of benzene rings is 2. The third-order valence-electron chi connectivity index (χ3n) is 5.11. The summed E-state index contributed by atoms with van der Waals surface area (Å²) in [7, 11) is 0. The van der Waals surface area contributed by atoms with Gasteiger partial charge in [-0.2, -0.15) is 0 Å². The molecule has 0 fully saturated rings. The van der Waals surface area contributed by atoms with Crippen LogP contribution in [0.2, 0.25) is 0 Å². The molecule has 2 aromatic rings. The highest BCUT2D eigenvalue weighted by molar-refractivity contribution is 5.75. The molecule has 0 radical (unpaired) electrons. The molecule has 190 valence electrons. The van der Waals surface area contributed by atoms with Crippen LogP contribution in [-0.2, 0) is 33.8 Å². The lowest BCUT2D eigenvalue weighted by Crippen LogP contribution is -2.57. The molecule has 0 aliphatic heterocycles. The van der Waals surface area contributed by atoms with E-state index >= 15 is 0 Å². The van der Waals surface area contributed by atoms with E-state index in [0.29, 0.717) is 6.54 Å². The third kappa shape index (κ3) is 10.2. The zero-order valence-corrected chi connectivity index (χ0v) is 20.6. The Hall–Kier alpha value is -3.43. The van der Waals surface area contributed by atoms with E-state index < -0.39 is 35.9 Å². The van der Waals surface area contributed by atoms with Gasteiger partial charge in [-0.05, 0) is 43.9 Å². The Bertz CT molecular complexity index is 973. The number of hydrogen-bond acceptors (Lipinski definition) is 6. The molecular formula is C26H35N3O6. The van der Waals surface area contributed by atoms with Gasteiger partial charge < -0.3 is 25.6 Å². The number of carboxylic acids is 1. The number of aliphatic hydroxyl groups is 1. The van der Waals surface area contributed by atoms with Crippen LogP contribution in [-0.4, -0.2) is 52.0 Å². The summed E-state index contributed by atoms with van der Waals surface area (Å²) in [5.41, 5.74) is 1.78. The Balaban J connectivity index is 2.12. The minimum atomic E-state index is -1.45. The first-order valence-corrected chi connectivity index (χ1v) is 11.4. The van der Waals surface area contributed by atoms with Crippen LogP contribution in [0.3, 0.4) is 0 Å². The van der Waals surface area contributed by atoms with Crippen molar-refractivity contribution >= 4 is 18.0 Å². The third-order valence-corrected chi connectivity index (χ3v) is 5.11. The van der Waals surface area contributed by atoms with Crippen molar-refractivity contribution in [2.45, 2.75) is 71.0 Å². The van der Waals surface area contributed by atoms with Gasteiger partial charge in [0.1, 0.15) is 17.7 Å². The summed E-state index contributed by atoms with van der Waals surface area (Å²) in [6.45, 7) is 7.18. The molecule has 3 atom stereocenters. The summed E-state index contributed by atoms with van der Waals surface area (Å²) < 4.78 is 5.32. The van der Waals surface area contributed by atoms with Crippen LogP contribution < -0.4 is 16.0 Å². The molecule has 0 unspecified atom stereocenters. The normalized spacial score (nSPS) is 13.9. The smallest absolute Gasteiger partial charge is 0.407 e. The van der Waals surface area contributed by atoms with E-state index in [1.54, 1.807) is 20.8 Å². The lowest BCUT2D eigenvalue weighted by molar-refractivity contribution is -0.143. The number of carbonyl (C=O) groups excluding carboxylic acids is 2. The van der Waals surface area contributed by atoms with Crippen LogP contribution in [0.15, 0.2) is 54.6 Å². The second-order valence-electron chi connectivity index (χ2n) is 9.36. The lowest BCUT2D eigenvalue weighted by atomic mass is 9.96. The molecular weight excluding hydrogens is 450 g/mol. The van der Waals surface area contributed by atoms with Crippen LogP contribution in [0.4, 0.5) is 4.79 Å². The second kappa shape index (κ2) is 12.9. The van der Waals surface area contributed by atoms with Gasteiger partial charge >= 0.3 is 12.1 Å². The molecule has 0 aliphatic rings. The molecule has 0 aromatic heterocycles. The fraction of sp³-hybridized carbons (Fsp3) is 0.423. The van der Waals surface area contributed by atoms with Crippen LogP contribution in [0, 0.1) is 0 Å². The van der Waals surface area contributed by atoms with E-state index in [-0.39, 0.29) is 18.9 Å². The monoisotopic (exact) mass is 485 g/mol. The minimum Gasteiger partial charge on any atom is -0.480 e. The molecule has 35 heavy (non-hydrogen) atoms. The number of aliphatic hydroxyl groups excluding tert-OH is 1.